The fraction of sp³-hybridized carbons (Fsp3) is 0. The molecule has 0 radical (unpaired) electrons. The Bertz CT molecular complexity index is 3420. The first kappa shape index (κ1) is 30.7. The first-order valence-corrected chi connectivity index (χ1v) is 18.3. The smallest absolute Gasteiger partial charge is 0.189 e. The molecular weight excluding hydrogens is 671 g/mol. The summed E-state index contributed by atoms with van der Waals surface area (Å²) >= 11 is 0. The highest BCUT2D eigenvalue weighted by Crippen LogP contribution is 2.39. The fourth-order valence-electron chi connectivity index (χ4n) is 8.71. The zero-order valence-corrected chi connectivity index (χ0v) is 29.5. The lowest BCUT2D eigenvalue weighted by molar-refractivity contribution is 1.16. The van der Waals surface area contributed by atoms with Crippen molar-refractivity contribution in [3.05, 3.63) is 193 Å². The zero-order chi connectivity index (χ0) is 36.6. The van der Waals surface area contributed by atoms with Crippen molar-refractivity contribution in [1.82, 2.24) is 13.7 Å². The van der Waals surface area contributed by atoms with Crippen molar-refractivity contribution in [2.24, 2.45) is 0 Å². The van der Waals surface area contributed by atoms with E-state index in [2.05, 4.69) is 158 Å². The maximum atomic E-state index is 10.4. The van der Waals surface area contributed by atoms with Crippen LogP contribution in [0.5, 0.6) is 0 Å². The van der Waals surface area contributed by atoms with Crippen LogP contribution in [0.25, 0.3) is 98.5 Å². The van der Waals surface area contributed by atoms with E-state index in [1.165, 1.54) is 32.6 Å². The van der Waals surface area contributed by atoms with E-state index in [-0.39, 0.29) is 0 Å². The van der Waals surface area contributed by atoms with Crippen LogP contribution < -0.4 is 0 Å². The van der Waals surface area contributed by atoms with Gasteiger partial charge in [0.25, 0.3) is 0 Å². The molecule has 0 spiro atoms. The van der Waals surface area contributed by atoms with Crippen LogP contribution in [0.1, 0.15) is 5.56 Å². The number of para-hydroxylation sites is 4. The van der Waals surface area contributed by atoms with E-state index in [9.17, 15) is 5.26 Å². The van der Waals surface area contributed by atoms with E-state index >= 15 is 0 Å². The predicted octanol–water partition coefficient (Wildman–Crippen LogP) is 13.1. The molecule has 0 saturated heterocycles. The van der Waals surface area contributed by atoms with Crippen molar-refractivity contribution in [2.75, 3.05) is 0 Å². The molecule has 11 aromatic rings. The molecule has 0 aliphatic carbocycles. The van der Waals surface area contributed by atoms with Crippen LogP contribution in [-0.4, -0.2) is 13.7 Å². The highest BCUT2D eigenvalue weighted by Gasteiger charge is 2.18. The van der Waals surface area contributed by atoms with Crippen LogP contribution >= 0.6 is 0 Å². The second kappa shape index (κ2) is 11.8. The van der Waals surface area contributed by atoms with Crippen molar-refractivity contribution in [3.63, 3.8) is 0 Å². The molecule has 254 valence electrons. The van der Waals surface area contributed by atoms with Crippen LogP contribution in [0.3, 0.4) is 0 Å². The fourth-order valence-corrected chi connectivity index (χ4v) is 8.71. The maximum absolute atomic E-state index is 10.4. The van der Waals surface area contributed by atoms with Crippen molar-refractivity contribution in [3.8, 4) is 34.3 Å². The number of aromatic nitrogens is 3. The Morgan fingerprint density at radius 1 is 0.400 bits per heavy atom. The van der Waals surface area contributed by atoms with Crippen LogP contribution in [0.2, 0.25) is 0 Å². The third kappa shape index (κ3) is 4.51. The van der Waals surface area contributed by atoms with E-state index in [0.717, 1.165) is 61.0 Å². The van der Waals surface area contributed by atoms with Crippen LogP contribution in [0.15, 0.2) is 176 Å². The van der Waals surface area contributed by atoms with Gasteiger partial charge in [0.1, 0.15) is 0 Å². The zero-order valence-electron chi connectivity index (χ0n) is 29.5. The summed E-state index contributed by atoms with van der Waals surface area (Å²) in [7, 11) is 0. The van der Waals surface area contributed by atoms with Gasteiger partial charge in [-0.25, -0.2) is 4.85 Å². The predicted molar refractivity (Wildman–Crippen MR) is 226 cm³/mol. The summed E-state index contributed by atoms with van der Waals surface area (Å²) < 4.78 is 6.90. The molecule has 0 aliphatic rings. The van der Waals surface area contributed by atoms with Gasteiger partial charge in [-0.2, -0.15) is 5.26 Å². The number of hydrogen-bond acceptors (Lipinski definition) is 1. The van der Waals surface area contributed by atoms with Crippen molar-refractivity contribution in [2.45, 2.75) is 0 Å². The summed E-state index contributed by atoms with van der Waals surface area (Å²) in [6, 6.07) is 63.8. The molecule has 11 rings (SSSR count). The van der Waals surface area contributed by atoms with Gasteiger partial charge < -0.3 is 13.7 Å². The van der Waals surface area contributed by atoms with Gasteiger partial charge in [0.05, 0.1) is 45.8 Å². The molecule has 8 aromatic carbocycles. The quantitative estimate of drug-likeness (QED) is 0.169. The normalized spacial score (nSPS) is 11.6. The number of fused-ring (bicyclic) bond motifs is 9. The molecule has 0 bridgehead atoms. The molecule has 5 nitrogen and oxygen atoms in total. The second-order valence-corrected chi connectivity index (χ2v) is 14.0. The Labute approximate surface area is 316 Å². The number of hydrogen-bond donors (Lipinski definition) is 0. The van der Waals surface area contributed by atoms with Crippen LogP contribution in [-0.2, 0) is 0 Å². The summed E-state index contributed by atoms with van der Waals surface area (Å²) in [4.78, 5) is 3.73. The molecular formula is C50H29N5. The maximum Gasteiger partial charge on any atom is 0.189 e. The number of nitriles is 1. The third-order valence-corrected chi connectivity index (χ3v) is 11.1. The molecule has 0 aliphatic heterocycles. The standard InChI is InChI=1S/C50H29N5/c1-52-34-22-25-42-40-15-4-8-19-47(40)55(50(42)28-34)36-23-21-33(31-51)43(29-36)32-11-10-12-35(27-32)53-48-20-9-5-16-41(48)44-30-37(24-26-49(44)53)54-45-17-6-2-13-38(45)39-14-3-7-18-46(39)54/h2-30H. The van der Waals surface area contributed by atoms with Gasteiger partial charge in [0.2, 0.25) is 0 Å². The van der Waals surface area contributed by atoms with Gasteiger partial charge in [-0.1, -0.05) is 97.1 Å². The van der Waals surface area contributed by atoms with Crippen LogP contribution in [0.4, 0.5) is 5.69 Å². The van der Waals surface area contributed by atoms with Crippen LogP contribution in [0, 0.1) is 17.9 Å². The highest BCUT2D eigenvalue weighted by atomic mass is 15.0. The Morgan fingerprint density at radius 3 is 1.49 bits per heavy atom. The largest absolute Gasteiger partial charge is 0.310 e. The lowest BCUT2D eigenvalue weighted by Crippen LogP contribution is -1.98. The van der Waals surface area contributed by atoms with Gasteiger partial charge in [-0.05, 0) is 84.4 Å². The Kier molecular flexibility index (Phi) is 6.61. The van der Waals surface area contributed by atoms with E-state index in [4.69, 9.17) is 6.57 Å². The molecule has 5 heteroatoms. The van der Waals surface area contributed by atoms with Gasteiger partial charge in [-0.3, -0.25) is 0 Å². The number of nitrogens with zero attached hydrogens (tertiary/aromatic N) is 5. The molecule has 55 heavy (non-hydrogen) atoms. The summed E-state index contributed by atoms with van der Waals surface area (Å²) in [5.74, 6) is 0. The van der Waals surface area contributed by atoms with Crippen molar-refractivity contribution in [1.29, 1.82) is 5.26 Å². The minimum absolute atomic E-state index is 0.589. The molecule has 0 N–H and O–H groups in total. The first-order valence-electron chi connectivity index (χ1n) is 18.3. The second-order valence-electron chi connectivity index (χ2n) is 14.0. The highest BCUT2D eigenvalue weighted by molar-refractivity contribution is 6.13. The Balaban J connectivity index is 1.10. The number of rotatable bonds is 4. The average Bonchev–Trinajstić information content (AvgIpc) is 3.88. The summed E-state index contributed by atoms with van der Waals surface area (Å²) in [6.07, 6.45) is 0. The Morgan fingerprint density at radius 2 is 0.891 bits per heavy atom. The summed E-state index contributed by atoms with van der Waals surface area (Å²) in [6.45, 7) is 7.69. The van der Waals surface area contributed by atoms with E-state index in [1.54, 1.807) is 0 Å². The lowest BCUT2D eigenvalue weighted by Gasteiger charge is -2.14. The van der Waals surface area contributed by atoms with E-state index in [0.29, 0.717) is 11.3 Å². The molecule has 3 heterocycles. The molecule has 0 fully saturated rings. The first-order chi connectivity index (χ1) is 27.2. The topological polar surface area (TPSA) is 42.9 Å². The van der Waals surface area contributed by atoms with E-state index in [1.807, 2.05) is 42.5 Å². The average molecular weight is 700 g/mol. The molecule has 0 unspecified atom stereocenters. The Hall–Kier alpha value is -7.86. The monoisotopic (exact) mass is 699 g/mol. The summed E-state index contributed by atoms with van der Waals surface area (Å²) in [5.41, 5.74) is 12.7. The SMILES string of the molecule is [C-]#[N+]c1ccc2c3ccccc3n(-c3ccc(C#N)c(-c4cccc(-n5c6ccccc6c6cc(-n7c8ccccc8c8ccccc87)ccc65)c4)c3)c2c1. The van der Waals surface area contributed by atoms with Crippen molar-refractivity contribution >= 4 is 71.1 Å². The molecule has 0 amide bonds. The molecule has 0 saturated carbocycles. The van der Waals surface area contributed by atoms with Gasteiger partial charge >= 0.3 is 0 Å². The van der Waals surface area contributed by atoms with Crippen molar-refractivity contribution < 1.29 is 0 Å². The van der Waals surface area contributed by atoms with Gasteiger partial charge in [0, 0.05) is 60.5 Å². The minimum Gasteiger partial charge on any atom is -0.310 e. The molecule has 0 atom stereocenters. The minimum atomic E-state index is 0.589. The molecule has 3 aromatic heterocycles. The van der Waals surface area contributed by atoms with Gasteiger partial charge in [0.15, 0.2) is 5.69 Å². The third-order valence-electron chi connectivity index (χ3n) is 11.1. The lowest BCUT2D eigenvalue weighted by atomic mass is 9.99. The number of benzene rings is 8. The van der Waals surface area contributed by atoms with E-state index < -0.39 is 0 Å². The summed E-state index contributed by atoms with van der Waals surface area (Å²) in [5, 5.41) is 17.4. The van der Waals surface area contributed by atoms with Gasteiger partial charge in [-0.15, -0.1) is 0 Å².